The molecule has 0 spiro atoms. The molecule has 1 fully saturated rings. The lowest BCUT2D eigenvalue weighted by Crippen LogP contribution is -2.48. The molecular formula is C16H17Cl3N4O. The van der Waals surface area contributed by atoms with Gasteiger partial charge in [0.05, 0.1) is 11.2 Å². The lowest BCUT2D eigenvalue weighted by atomic mass is 10.2. The second kappa shape index (κ2) is 7.31. The predicted molar refractivity (Wildman–Crippen MR) is 95.9 cm³/mol. The number of aromatic nitrogens is 2. The van der Waals surface area contributed by atoms with Gasteiger partial charge in [-0.15, -0.1) is 0 Å². The predicted octanol–water partition coefficient (Wildman–Crippen LogP) is 3.34. The van der Waals surface area contributed by atoms with Crippen LogP contribution in [-0.2, 0) is 13.6 Å². The Labute approximate surface area is 155 Å². The Hall–Kier alpha value is -1.27. The summed E-state index contributed by atoms with van der Waals surface area (Å²) in [6.45, 7) is 3.59. The van der Waals surface area contributed by atoms with E-state index >= 15 is 0 Å². The highest BCUT2D eigenvalue weighted by Crippen LogP contribution is 2.23. The molecule has 24 heavy (non-hydrogen) atoms. The fourth-order valence-corrected chi connectivity index (χ4v) is 3.52. The Kier molecular flexibility index (Phi) is 5.35. The number of rotatable bonds is 3. The van der Waals surface area contributed by atoms with Crippen LogP contribution in [0.3, 0.4) is 0 Å². The Bertz CT molecular complexity index is 734. The van der Waals surface area contributed by atoms with E-state index in [1.807, 2.05) is 17.0 Å². The van der Waals surface area contributed by atoms with Crippen LogP contribution in [0, 0.1) is 0 Å². The zero-order chi connectivity index (χ0) is 17.3. The number of hydrogen-bond donors (Lipinski definition) is 0. The van der Waals surface area contributed by atoms with Gasteiger partial charge in [0.2, 0.25) is 0 Å². The monoisotopic (exact) mass is 386 g/mol. The van der Waals surface area contributed by atoms with E-state index in [1.165, 1.54) is 10.9 Å². The standard InChI is InChI=1S/C16H17Cl3N4O/c1-21-15(14(19)9-20-21)16(24)23-6-4-22(5-7-23)10-11-2-3-12(17)8-13(11)18/h2-3,8-9H,4-7,10H2,1H3. The molecule has 2 heterocycles. The molecule has 0 unspecified atom stereocenters. The third-order valence-electron chi connectivity index (χ3n) is 4.17. The van der Waals surface area contributed by atoms with Gasteiger partial charge in [0, 0.05) is 49.8 Å². The first-order valence-corrected chi connectivity index (χ1v) is 8.72. The van der Waals surface area contributed by atoms with Gasteiger partial charge >= 0.3 is 0 Å². The number of benzene rings is 1. The van der Waals surface area contributed by atoms with E-state index in [-0.39, 0.29) is 5.91 Å². The molecule has 1 aromatic heterocycles. The molecule has 0 aliphatic carbocycles. The van der Waals surface area contributed by atoms with Crippen molar-refractivity contribution in [3.63, 3.8) is 0 Å². The van der Waals surface area contributed by atoms with Crippen molar-refractivity contribution in [1.82, 2.24) is 19.6 Å². The van der Waals surface area contributed by atoms with Crippen LogP contribution in [0.25, 0.3) is 0 Å². The van der Waals surface area contributed by atoms with Crippen LogP contribution in [0.15, 0.2) is 24.4 Å². The van der Waals surface area contributed by atoms with Crippen molar-refractivity contribution in [3.05, 3.63) is 50.7 Å². The van der Waals surface area contributed by atoms with Crippen molar-refractivity contribution in [2.75, 3.05) is 26.2 Å². The Balaban J connectivity index is 1.60. The first-order valence-electron chi connectivity index (χ1n) is 7.59. The van der Waals surface area contributed by atoms with Gasteiger partial charge in [0.25, 0.3) is 5.91 Å². The summed E-state index contributed by atoms with van der Waals surface area (Å²) < 4.78 is 1.52. The molecular weight excluding hydrogens is 371 g/mol. The topological polar surface area (TPSA) is 41.4 Å². The van der Waals surface area contributed by atoms with Crippen LogP contribution in [0.4, 0.5) is 0 Å². The first-order chi connectivity index (χ1) is 11.5. The van der Waals surface area contributed by atoms with E-state index < -0.39 is 0 Å². The third-order valence-corrected chi connectivity index (χ3v) is 5.03. The summed E-state index contributed by atoms with van der Waals surface area (Å²) in [5, 5.41) is 5.71. The Morgan fingerprint density at radius 1 is 1.12 bits per heavy atom. The number of amides is 1. The lowest BCUT2D eigenvalue weighted by molar-refractivity contribution is 0.0618. The number of aryl methyl sites for hydroxylation is 1. The molecule has 128 valence electrons. The summed E-state index contributed by atoms with van der Waals surface area (Å²) in [4.78, 5) is 16.7. The summed E-state index contributed by atoms with van der Waals surface area (Å²) in [5.74, 6) is -0.0795. The highest BCUT2D eigenvalue weighted by Gasteiger charge is 2.26. The smallest absolute Gasteiger partial charge is 0.273 e. The minimum atomic E-state index is -0.0795. The van der Waals surface area contributed by atoms with Gasteiger partial charge in [-0.25, -0.2) is 0 Å². The molecule has 0 atom stereocenters. The van der Waals surface area contributed by atoms with Crippen LogP contribution in [0.5, 0.6) is 0 Å². The second-order valence-electron chi connectivity index (χ2n) is 5.77. The molecule has 0 saturated carbocycles. The van der Waals surface area contributed by atoms with Gasteiger partial charge < -0.3 is 4.90 Å². The van der Waals surface area contributed by atoms with Crippen molar-refractivity contribution < 1.29 is 4.79 Å². The van der Waals surface area contributed by atoms with Gasteiger partial charge in [-0.05, 0) is 17.7 Å². The first kappa shape index (κ1) is 17.5. The summed E-state index contributed by atoms with van der Waals surface area (Å²) >= 11 is 18.2. The molecule has 0 N–H and O–H groups in total. The van der Waals surface area contributed by atoms with Crippen LogP contribution < -0.4 is 0 Å². The molecule has 0 radical (unpaired) electrons. The van der Waals surface area contributed by atoms with Gasteiger partial charge in [-0.2, -0.15) is 5.10 Å². The molecule has 1 saturated heterocycles. The minimum Gasteiger partial charge on any atom is -0.335 e. The highest BCUT2D eigenvalue weighted by atomic mass is 35.5. The third kappa shape index (κ3) is 3.70. The summed E-state index contributed by atoms with van der Waals surface area (Å²) in [7, 11) is 1.72. The van der Waals surface area contributed by atoms with Crippen LogP contribution >= 0.6 is 34.8 Å². The van der Waals surface area contributed by atoms with E-state index in [2.05, 4.69) is 10.00 Å². The molecule has 1 aromatic carbocycles. The Morgan fingerprint density at radius 3 is 2.42 bits per heavy atom. The van der Waals surface area contributed by atoms with E-state index in [4.69, 9.17) is 34.8 Å². The van der Waals surface area contributed by atoms with Crippen molar-refractivity contribution in [2.24, 2.45) is 7.05 Å². The maximum atomic E-state index is 12.6. The molecule has 1 aliphatic rings. The molecule has 8 heteroatoms. The maximum Gasteiger partial charge on any atom is 0.273 e. The van der Waals surface area contributed by atoms with E-state index in [1.54, 1.807) is 13.1 Å². The van der Waals surface area contributed by atoms with Gasteiger partial charge in [-0.3, -0.25) is 14.4 Å². The van der Waals surface area contributed by atoms with Crippen LogP contribution in [0.1, 0.15) is 16.1 Å². The fourth-order valence-electron chi connectivity index (χ4n) is 2.80. The molecule has 0 bridgehead atoms. The van der Waals surface area contributed by atoms with Crippen molar-refractivity contribution in [1.29, 1.82) is 0 Å². The number of nitrogens with zero attached hydrogens (tertiary/aromatic N) is 4. The van der Waals surface area contributed by atoms with E-state index in [0.29, 0.717) is 33.9 Å². The SMILES string of the molecule is Cn1ncc(Cl)c1C(=O)N1CCN(Cc2ccc(Cl)cc2Cl)CC1. The number of hydrogen-bond acceptors (Lipinski definition) is 3. The second-order valence-corrected chi connectivity index (χ2v) is 7.02. The van der Waals surface area contributed by atoms with Crippen molar-refractivity contribution in [2.45, 2.75) is 6.54 Å². The minimum absolute atomic E-state index is 0.0795. The van der Waals surface area contributed by atoms with Crippen LogP contribution in [0.2, 0.25) is 15.1 Å². The quantitative estimate of drug-likeness (QED) is 0.811. The average Bonchev–Trinajstić information content (AvgIpc) is 2.89. The van der Waals surface area contributed by atoms with Gasteiger partial charge in [-0.1, -0.05) is 40.9 Å². The van der Waals surface area contributed by atoms with Crippen molar-refractivity contribution in [3.8, 4) is 0 Å². The number of halogens is 3. The Morgan fingerprint density at radius 2 is 1.83 bits per heavy atom. The fraction of sp³-hybridized carbons (Fsp3) is 0.375. The number of carbonyl (C=O) groups is 1. The molecule has 1 aliphatic heterocycles. The van der Waals surface area contributed by atoms with Crippen molar-refractivity contribution >= 4 is 40.7 Å². The van der Waals surface area contributed by atoms with Gasteiger partial charge in [0.15, 0.2) is 0 Å². The maximum absolute atomic E-state index is 12.6. The molecule has 2 aromatic rings. The highest BCUT2D eigenvalue weighted by molar-refractivity contribution is 6.35. The lowest BCUT2D eigenvalue weighted by Gasteiger charge is -2.34. The molecule has 5 nitrogen and oxygen atoms in total. The van der Waals surface area contributed by atoms with Crippen LogP contribution in [-0.4, -0.2) is 51.7 Å². The molecule has 1 amide bonds. The van der Waals surface area contributed by atoms with E-state index in [0.717, 1.165) is 25.2 Å². The largest absolute Gasteiger partial charge is 0.335 e. The van der Waals surface area contributed by atoms with Gasteiger partial charge in [0.1, 0.15) is 5.69 Å². The zero-order valence-corrected chi connectivity index (χ0v) is 15.4. The number of carbonyl (C=O) groups excluding carboxylic acids is 1. The number of piperazine rings is 1. The summed E-state index contributed by atoms with van der Waals surface area (Å²) in [6, 6.07) is 5.53. The zero-order valence-electron chi connectivity index (χ0n) is 13.2. The van der Waals surface area contributed by atoms with E-state index in [9.17, 15) is 4.79 Å². The average molecular weight is 388 g/mol. The normalized spacial score (nSPS) is 15.8. The summed E-state index contributed by atoms with van der Waals surface area (Å²) in [6.07, 6.45) is 1.49. The summed E-state index contributed by atoms with van der Waals surface area (Å²) in [5.41, 5.74) is 1.47. The molecule has 3 rings (SSSR count).